The highest BCUT2D eigenvalue weighted by atomic mass is 16.5. The molecule has 19 heavy (non-hydrogen) atoms. The Bertz CT molecular complexity index is 436. The SMILES string of the molecule is CCCn1nnnc1CN1CC(O)CC1C(=O)OC. The Labute approximate surface area is 111 Å². The zero-order valence-electron chi connectivity index (χ0n) is 11.2. The minimum absolute atomic E-state index is 0.328. The summed E-state index contributed by atoms with van der Waals surface area (Å²) in [6.45, 7) is 3.65. The fraction of sp³-hybridized carbons (Fsp3) is 0.818. The van der Waals surface area contributed by atoms with Crippen LogP contribution in [-0.2, 0) is 22.6 Å². The van der Waals surface area contributed by atoms with Gasteiger partial charge in [-0.1, -0.05) is 6.92 Å². The summed E-state index contributed by atoms with van der Waals surface area (Å²) in [5, 5.41) is 21.2. The molecule has 2 heterocycles. The Balaban J connectivity index is 2.07. The number of carbonyl (C=O) groups excluding carboxylic acids is 1. The van der Waals surface area contributed by atoms with Gasteiger partial charge in [0.15, 0.2) is 5.82 Å². The number of rotatable bonds is 5. The number of esters is 1. The number of methoxy groups -OCH3 is 1. The molecule has 8 heteroatoms. The molecule has 2 unspecified atom stereocenters. The van der Waals surface area contributed by atoms with E-state index < -0.39 is 12.1 Å². The number of carbonyl (C=O) groups is 1. The Hall–Kier alpha value is -1.54. The number of β-amino-alcohol motifs (C(OH)–C–C–N with tert-alkyl or cyclic N) is 1. The van der Waals surface area contributed by atoms with E-state index in [-0.39, 0.29) is 5.97 Å². The van der Waals surface area contributed by atoms with E-state index in [0.717, 1.165) is 13.0 Å². The summed E-state index contributed by atoms with van der Waals surface area (Å²) in [4.78, 5) is 13.5. The molecule has 1 aromatic heterocycles. The van der Waals surface area contributed by atoms with Crippen LogP contribution in [0.3, 0.4) is 0 Å². The molecule has 8 nitrogen and oxygen atoms in total. The zero-order chi connectivity index (χ0) is 13.8. The molecule has 1 N–H and O–H groups in total. The lowest BCUT2D eigenvalue weighted by Crippen LogP contribution is -2.37. The van der Waals surface area contributed by atoms with Gasteiger partial charge >= 0.3 is 5.97 Å². The van der Waals surface area contributed by atoms with E-state index in [4.69, 9.17) is 4.74 Å². The van der Waals surface area contributed by atoms with Gasteiger partial charge in [-0.2, -0.15) is 0 Å². The molecule has 0 amide bonds. The van der Waals surface area contributed by atoms with Gasteiger partial charge in [-0.25, -0.2) is 4.68 Å². The maximum absolute atomic E-state index is 11.7. The van der Waals surface area contributed by atoms with Crippen LogP contribution < -0.4 is 0 Å². The fourth-order valence-corrected chi connectivity index (χ4v) is 2.34. The molecule has 1 aliphatic rings. The minimum Gasteiger partial charge on any atom is -0.468 e. The molecular formula is C11H19N5O3. The topological polar surface area (TPSA) is 93.4 Å². The summed E-state index contributed by atoms with van der Waals surface area (Å²) >= 11 is 0. The van der Waals surface area contributed by atoms with Gasteiger partial charge in [-0.05, 0) is 16.8 Å². The largest absolute Gasteiger partial charge is 0.468 e. The highest BCUT2D eigenvalue weighted by Gasteiger charge is 2.37. The Morgan fingerprint density at radius 1 is 1.58 bits per heavy atom. The van der Waals surface area contributed by atoms with Crippen molar-refractivity contribution in [2.45, 2.75) is 45.0 Å². The normalized spacial score (nSPS) is 23.7. The maximum Gasteiger partial charge on any atom is 0.323 e. The summed E-state index contributed by atoms with van der Waals surface area (Å²) in [5.41, 5.74) is 0. The van der Waals surface area contributed by atoms with E-state index in [1.54, 1.807) is 4.68 Å². The molecule has 0 saturated carbocycles. The van der Waals surface area contributed by atoms with E-state index in [0.29, 0.717) is 25.3 Å². The van der Waals surface area contributed by atoms with Crippen molar-refractivity contribution in [2.24, 2.45) is 0 Å². The summed E-state index contributed by atoms with van der Waals surface area (Å²) < 4.78 is 6.48. The van der Waals surface area contributed by atoms with Crippen LogP contribution >= 0.6 is 0 Å². The number of hydrogen-bond donors (Lipinski definition) is 1. The smallest absolute Gasteiger partial charge is 0.323 e. The number of tetrazole rings is 1. The lowest BCUT2D eigenvalue weighted by atomic mass is 10.2. The molecule has 2 atom stereocenters. The van der Waals surface area contributed by atoms with Crippen LogP contribution in [0.4, 0.5) is 0 Å². The zero-order valence-corrected chi connectivity index (χ0v) is 11.2. The predicted octanol–water partition coefficient (Wildman–Crippen LogP) is -0.809. The van der Waals surface area contributed by atoms with Gasteiger partial charge < -0.3 is 9.84 Å². The van der Waals surface area contributed by atoms with Gasteiger partial charge in [0.25, 0.3) is 0 Å². The molecule has 0 bridgehead atoms. The highest BCUT2D eigenvalue weighted by Crippen LogP contribution is 2.20. The van der Waals surface area contributed by atoms with E-state index in [1.807, 2.05) is 11.8 Å². The second kappa shape index (κ2) is 6.07. The van der Waals surface area contributed by atoms with Crippen molar-refractivity contribution in [3.8, 4) is 0 Å². The maximum atomic E-state index is 11.7. The highest BCUT2D eigenvalue weighted by molar-refractivity contribution is 5.76. The first-order chi connectivity index (χ1) is 9.15. The number of aliphatic hydroxyl groups is 1. The van der Waals surface area contributed by atoms with E-state index in [1.165, 1.54) is 7.11 Å². The molecular weight excluding hydrogens is 250 g/mol. The van der Waals surface area contributed by atoms with Crippen molar-refractivity contribution >= 4 is 5.97 Å². The molecule has 2 rings (SSSR count). The first-order valence-corrected chi connectivity index (χ1v) is 6.40. The summed E-state index contributed by atoms with van der Waals surface area (Å²) in [7, 11) is 1.35. The third-order valence-corrected chi connectivity index (χ3v) is 3.24. The van der Waals surface area contributed by atoms with Gasteiger partial charge in [0.2, 0.25) is 0 Å². The lowest BCUT2D eigenvalue weighted by molar-refractivity contribution is -0.146. The second-order valence-electron chi connectivity index (χ2n) is 4.68. The first kappa shape index (κ1) is 13.9. The van der Waals surface area contributed by atoms with Crippen molar-refractivity contribution in [3.63, 3.8) is 0 Å². The predicted molar refractivity (Wildman–Crippen MR) is 64.9 cm³/mol. The van der Waals surface area contributed by atoms with Gasteiger partial charge in [0.1, 0.15) is 6.04 Å². The molecule has 1 aromatic rings. The van der Waals surface area contributed by atoms with Gasteiger partial charge in [0, 0.05) is 19.5 Å². The third kappa shape index (κ3) is 3.07. The molecule has 106 valence electrons. The molecule has 0 aromatic carbocycles. The molecule has 0 radical (unpaired) electrons. The molecule has 1 saturated heterocycles. The number of hydrogen-bond acceptors (Lipinski definition) is 7. The Kier molecular flexibility index (Phi) is 4.43. The summed E-state index contributed by atoms with van der Waals surface area (Å²) in [6.07, 6.45) is 0.808. The number of likely N-dealkylation sites (tertiary alicyclic amines) is 1. The molecule has 1 aliphatic heterocycles. The van der Waals surface area contributed by atoms with Gasteiger partial charge in [-0.3, -0.25) is 9.69 Å². The quantitative estimate of drug-likeness (QED) is 0.699. The van der Waals surface area contributed by atoms with Crippen LogP contribution in [0.1, 0.15) is 25.6 Å². The van der Waals surface area contributed by atoms with Crippen LogP contribution in [0.25, 0.3) is 0 Å². The van der Waals surface area contributed by atoms with Crippen LogP contribution in [0.15, 0.2) is 0 Å². The van der Waals surface area contributed by atoms with Crippen molar-refractivity contribution in [1.29, 1.82) is 0 Å². The van der Waals surface area contributed by atoms with Gasteiger partial charge in [0.05, 0.1) is 19.8 Å². The van der Waals surface area contributed by atoms with Crippen LogP contribution in [0, 0.1) is 0 Å². The van der Waals surface area contributed by atoms with Crippen molar-refractivity contribution in [3.05, 3.63) is 5.82 Å². The fourth-order valence-electron chi connectivity index (χ4n) is 2.34. The molecule has 0 spiro atoms. The van der Waals surface area contributed by atoms with E-state index in [2.05, 4.69) is 15.5 Å². The molecule has 0 aliphatic carbocycles. The minimum atomic E-state index is -0.514. The average Bonchev–Trinajstić information content (AvgIpc) is 2.97. The summed E-state index contributed by atoms with van der Waals surface area (Å²) in [6, 6.07) is -0.424. The van der Waals surface area contributed by atoms with Crippen molar-refractivity contribution < 1.29 is 14.6 Å². The van der Waals surface area contributed by atoms with Crippen molar-refractivity contribution in [2.75, 3.05) is 13.7 Å². The third-order valence-electron chi connectivity index (χ3n) is 3.24. The number of ether oxygens (including phenoxy) is 1. The molecule has 1 fully saturated rings. The number of aromatic nitrogens is 4. The first-order valence-electron chi connectivity index (χ1n) is 6.40. The number of nitrogens with zero attached hydrogens (tertiary/aromatic N) is 5. The summed E-state index contributed by atoms with van der Waals surface area (Å²) in [5.74, 6) is 0.371. The Morgan fingerprint density at radius 3 is 3.05 bits per heavy atom. The van der Waals surface area contributed by atoms with Gasteiger partial charge in [-0.15, -0.1) is 5.10 Å². The number of aliphatic hydroxyl groups excluding tert-OH is 1. The average molecular weight is 269 g/mol. The van der Waals surface area contributed by atoms with Crippen molar-refractivity contribution in [1.82, 2.24) is 25.1 Å². The lowest BCUT2D eigenvalue weighted by Gasteiger charge is -2.21. The number of aryl methyl sites for hydroxylation is 1. The monoisotopic (exact) mass is 269 g/mol. The van der Waals surface area contributed by atoms with E-state index in [9.17, 15) is 9.90 Å². The Morgan fingerprint density at radius 2 is 2.37 bits per heavy atom. The van der Waals surface area contributed by atoms with Crippen LogP contribution in [0.5, 0.6) is 0 Å². The van der Waals surface area contributed by atoms with Crippen LogP contribution in [-0.4, -0.2) is 62.0 Å². The second-order valence-corrected chi connectivity index (χ2v) is 4.68. The van der Waals surface area contributed by atoms with Crippen LogP contribution in [0.2, 0.25) is 0 Å². The standard InChI is InChI=1S/C11H19N5O3/c1-3-4-16-10(12-13-14-16)7-15-6-8(17)5-9(15)11(18)19-2/h8-9,17H,3-7H2,1-2H3. The van der Waals surface area contributed by atoms with E-state index >= 15 is 0 Å².